The van der Waals surface area contributed by atoms with Gasteiger partial charge in [-0.2, -0.15) is 0 Å². The lowest BCUT2D eigenvalue weighted by Gasteiger charge is -2.40. The molecule has 1 amide bonds. The highest BCUT2D eigenvalue weighted by Gasteiger charge is 2.30. The van der Waals surface area contributed by atoms with Gasteiger partial charge in [-0.1, -0.05) is 47.5 Å². The summed E-state index contributed by atoms with van der Waals surface area (Å²) in [6.07, 6.45) is 3.50. The summed E-state index contributed by atoms with van der Waals surface area (Å²) in [5.41, 5.74) is 6.58. The zero-order valence-electron chi connectivity index (χ0n) is 21.6. The molecule has 0 N–H and O–H groups in total. The van der Waals surface area contributed by atoms with E-state index < -0.39 is 5.60 Å². The van der Waals surface area contributed by atoms with Crippen molar-refractivity contribution in [2.45, 2.75) is 65.6 Å². The molecule has 0 aliphatic carbocycles. The third-order valence-electron chi connectivity index (χ3n) is 6.45. The molecular weight excluding hydrogens is 434 g/mol. The summed E-state index contributed by atoms with van der Waals surface area (Å²) in [7, 11) is 0. The Bertz CT molecular complexity index is 1130. The van der Waals surface area contributed by atoms with Crippen molar-refractivity contribution in [1.29, 1.82) is 0 Å². The lowest BCUT2D eigenvalue weighted by molar-refractivity contribution is 0.0204. The topological polar surface area (TPSA) is 45.7 Å². The van der Waals surface area contributed by atoms with Crippen LogP contribution in [0.15, 0.2) is 66.9 Å². The smallest absolute Gasteiger partial charge is 0.410 e. The Balaban J connectivity index is 1.53. The van der Waals surface area contributed by atoms with Crippen LogP contribution in [0.1, 0.15) is 50.3 Å². The van der Waals surface area contributed by atoms with E-state index in [4.69, 9.17) is 4.74 Å². The third-order valence-corrected chi connectivity index (χ3v) is 6.45. The largest absolute Gasteiger partial charge is 0.444 e. The molecule has 1 saturated heterocycles. The van der Waals surface area contributed by atoms with E-state index in [0.717, 1.165) is 30.6 Å². The zero-order chi connectivity index (χ0) is 25.0. The molecule has 1 aromatic heterocycles. The number of likely N-dealkylation sites (tertiary alicyclic amines) is 1. The van der Waals surface area contributed by atoms with Crippen LogP contribution < -0.4 is 4.90 Å². The van der Waals surface area contributed by atoms with Crippen molar-refractivity contribution >= 4 is 11.8 Å². The van der Waals surface area contributed by atoms with Crippen LogP contribution in [-0.4, -0.2) is 40.7 Å². The highest BCUT2D eigenvalue weighted by atomic mass is 16.6. The molecule has 3 aromatic rings. The van der Waals surface area contributed by atoms with Crippen LogP contribution in [0.3, 0.4) is 0 Å². The number of carbonyl (C=O) groups excluding carboxylic acids is 1. The second-order valence-corrected chi connectivity index (χ2v) is 10.6. The molecule has 1 fully saturated rings. The van der Waals surface area contributed by atoms with Crippen LogP contribution in [0.2, 0.25) is 0 Å². The van der Waals surface area contributed by atoms with Crippen LogP contribution in [0.4, 0.5) is 10.5 Å². The van der Waals surface area contributed by atoms with E-state index in [1.54, 1.807) is 0 Å². The Labute approximate surface area is 209 Å². The molecule has 0 atom stereocenters. The molecule has 0 bridgehead atoms. The molecule has 5 nitrogen and oxygen atoms in total. The molecule has 5 heteroatoms. The molecule has 1 aliphatic rings. The van der Waals surface area contributed by atoms with E-state index in [1.807, 2.05) is 31.9 Å². The zero-order valence-corrected chi connectivity index (χ0v) is 21.6. The summed E-state index contributed by atoms with van der Waals surface area (Å²) >= 11 is 0. The predicted octanol–water partition coefficient (Wildman–Crippen LogP) is 6.77. The van der Waals surface area contributed by atoms with Crippen LogP contribution in [-0.2, 0) is 11.3 Å². The van der Waals surface area contributed by atoms with Crippen molar-refractivity contribution in [3.63, 3.8) is 0 Å². The van der Waals surface area contributed by atoms with Crippen LogP contribution >= 0.6 is 0 Å². The van der Waals surface area contributed by atoms with Crippen LogP contribution in [0.5, 0.6) is 0 Å². The number of ether oxygens (including phenoxy) is 1. The van der Waals surface area contributed by atoms with Gasteiger partial charge in [0, 0.05) is 43.1 Å². The summed E-state index contributed by atoms with van der Waals surface area (Å²) in [5.74, 6) is 0. The second-order valence-electron chi connectivity index (χ2n) is 10.6. The number of pyridine rings is 1. The minimum Gasteiger partial charge on any atom is -0.444 e. The highest BCUT2D eigenvalue weighted by molar-refractivity contribution is 5.68. The van der Waals surface area contributed by atoms with Gasteiger partial charge in [-0.15, -0.1) is 0 Å². The average molecular weight is 472 g/mol. The van der Waals surface area contributed by atoms with Gasteiger partial charge in [0.1, 0.15) is 5.60 Å². The number of nitrogens with zero attached hydrogens (tertiary/aromatic N) is 3. The van der Waals surface area contributed by atoms with E-state index in [1.165, 1.54) is 22.4 Å². The van der Waals surface area contributed by atoms with Crippen molar-refractivity contribution in [2.24, 2.45) is 0 Å². The van der Waals surface area contributed by atoms with Gasteiger partial charge in [-0.05, 0) is 77.3 Å². The van der Waals surface area contributed by atoms with E-state index in [9.17, 15) is 4.79 Å². The molecule has 184 valence electrons. The highest BCUT2D eigenvalue weighted by Crippen LogP contribution is 2.28. The van der Waals surface area contributed by atoms with Gasteiger partial charge >= 0.3 is 6.09 Å². The Hall–Kier alpha value is -3.34. The number of hydrogen-bond donors (Lipinski definition) is 0. The van der Waals surface area contributed by atoms with Gasteiger partial charge in [-0.3, -0.25) is 4.98 Å². The van der Waals surface area contributed by atoms with Gasteiger partial charge < -0.3 is 14.5 Å². The molecule has 0 radical (unpaired) electrons. The lowest BCUT2D eigenvalue weighted by Crippen LogP contribution is -2.48. The SMILES string of the molecule is Cc1ccc(-c2cc(CN(c3ccc(C)cc3)C3CCN(C(=O)OC(C)(C)C)CC3)ccn2)cc1. The summed E-state index contributed by atoms with van der Waals surface area (Å²) < 4.78 is 5.60. The summed E-state index contributed by atoms with van der Waals surface area (Å²) in [6, 6.07) is 21.9. The predicted molar refractivity (Wildman–Crippen MR) is 143 cm³/mol. The molecule has 0 unspecified atom stereocenters. The second kappa shape index (κ2) is 10.5. The fourth-order valence-corrected chi connectivity index (χ4v) is 4.51. The van der Waals surface area contributed by atoms with Crippen molar-refractivity contribution in [3.8, 4) is 11.3 Å². The maximum absolute atomic E-state index is 12.6. The standard InChI is InChI=1S/C30H37N3O2/c1-22-6-10-25(11-7-22)28-20-24(14-17-31-28)21-33(26-12-8-23(2)9-13-26)27-15-18-32(19-16-27)29(34)35-30(3,4)5/h6-14,17,20,27H,15-16,18-19,21H2,1-5H3. The van der Waals surface area contributed by atoms with Crippen molar-refractivity contribution < 1.29 is 9.53 Å². The van der Waals surface area contributed by atoms with Gasteiger partial charge in [0.15, 0.2) is 0 Å². The van der Waals surface area contributed by atoms with Crippen molar-refractivity contribution in [1.82, 2.24) is 9.88 Å². The molecule has 1 aliphatic heterocycles. The first-order valence-corrected chi connectivity index (χ1v) is 12.5. The number of carbonyl (C=O) groups is 1. The fraction of sp³-hybridized carbons (Fsp3) is 0.400. The summed E-state index contributed by atoms with van der Waals surface area (Å²) in [5, 5.41) is 0. The van der Waals surface area contributed by atoms with Gasteiger partial charge in [0.05, 0.1) is 5.69 Å². The maximum atomic E-state index is 12.6. The number of benzene rings is 2. The minimum atomic E-state index is -0.474. The van der Waals surface area contributed by atoms with Crippen LogP contribution in [0.25, 0.3) is 11.3 Å². The number of aromatic nitrogens is 1. The first-order valence-electron chi connectivity index (χ1n) is 12.5. The first-order chi connectivity index (χ1) is 16.7. The third kappa shape index (κ3) is 6.62. The maximum Gasteiger partial charge on any atom is 0.410 e. The Kier molecular flexibility index (Phi) is 7.44. The number of amides is 1. The Morgan fingerprint density at radius 1 is 0.971 bits per heavy atom. The molecule has 4 rings (SSSR count). The monoisotopic (exact) mass is 471 g/mol. The summed E-state index contributed by atoms with van der Waals surface area (Å²) in [4.78, 5) is 21.5. The minimum absolute atomic E-state index is 0.213. The molecule has 0 spiro atoms. The molecule has 35 heavy (non-hydrogen) atoms. The van der Waals surface area contributed by atoms with E-state index >= 15 is 0 Å². The van der Waals surface area contributed by atoms with Crippen LogP contribution in [0, 0.1) is 13.8 Å². The molecule has 0 saturated carbocycles. The van der Waals surface area contributed by atoms with Gasteiger partial charge in [0.2, 0.25) is 0 Å². The fourth-order valence-electron chi connectivity index (χ4n) is 4.51. The number of anilines is 1. The number of hydrogen-bond acceptors (Lipinski definition) is 4. The summed E-state index contributed by atoms with van der Waals surface area (Å²) in [6.45, 7) is 12.1. The number of rotatable bonds is 5. The average Bonchev–Trinajstić information content (AvgIpc) is 2.83. The van der Waals surface area contributed by atoms with E-state index in [0.29, 0.717) is 19.1 Å². The van der Waals surface area contributed by atoms with Crippen molar-refractivity contribution in [2.75, 3.05) is 18.0 Å². The Morgan fingerprint density at radius 2 is 1.57 bits per heavy atom. The quantitative estimate of drug-likeness (QED) is 0.412. The Morgan fingerprint density at radius 3 is 2.17 bits per heavy atom. The normalized spacial score (nSPS) is 14.6. The number of piperidine rings is 1. The van der Waals surface area contributed by atoms with E-state index in [-0.39, 0.29) is 6.09 Å². The molecule has 2 heterocycles. The van der Waals surface area contributed by atoms with Gasteiger partial charge in [0.25, 0.3) is 0 Å². The van der Waals surface area contributed by atoms with Crippen molar-refractivity contribution in [3.05, 3.63) is 83.6 Å². The molecular formula is C30H37N3O2. The van der Waals surface area contributed by atoms with Gasteiger partial charge in [-0.25, -0.2) is 4.79 Å². The van der Waals surface area contributed by atoms with E-state index in [2.05, 4.69) is 84.4 Å². The number of aryl methyl sites for hydroxylation is 2. The molecule has 2 aromatic carbocycles. The lowest BCUT2D eigenvalue weighted by atomic mass is 10.0. The first kappa shape index (κ1) is 24.8.